The minimum atomic E-state index is -4.66. The number of anilines is 2. The molecule has 282 valence electrons. The van der Waals surface area contributed by atoms with Crippen LogP contribution < -0.4 is 24.6 Å². The average Bonchev–Trinajstić information content (AvgIpc) is 3.86. The summed E-state index contributed by atoms with van der Waals surface area (Å²) in [5, 5.41) is 2.86. The molecule has 0 spiro atoms. The smallest absolute Gasteiger partial charge is 0.416 e. The number of fused-ring (bicyclic) bond motifs is 9. The van der Waals surface area contributed by atoms with E-state index in [9.17, 15) is 45.5 Å². The van der Waals surface area contributed by atoms with Gasteiger partial charge in [0, 0.05) is 21.7 Å². The zero-order valence-corrected chi connectivity index (χ0v) is 29.6. The fourth-order valence-electron chi connectivity index (χ4n) is 8.69. The lowest BCUT2D eigenvalue weighted by atomic mass is 9.68. The Morgan fingerprint density at radius 2 is 1.56 bits per heavy atom. The molecule has 0 radical (unpaired) electrons. The normalized spacial score (nSPS) is 25.7. The Balaban J connectivity index is 1.08. The van der Waals surface area contributed by atoms with Gasteiger partial charge in [-0.2, -0.15) is 26.3 Å². The van der Waals surface area contributed by atoms with E-state index in [1.807, 2.05) is 0 Å². The summed E-state index contributed by atoms with van der Waals surface area (Å²) in [6.07, 6.45) is -8.69. The van der Waals surface area contributed by atoms with E-state index in [0.717, 1.165) is 50.9 Å². The molecule has 54 heavy (non-hydrogen) atoms. The summed E-state index contributed by atoms with van der Waals surface area (Å²) in [6.45, 7) is 1.41. The molecule has 1 aromatic heterocycles. The minimum absolute atomic E-state index is 0.0571. The first-order chi connectivity index (χ1) is 25.6. The third-order valence-corrected chi connectivity index (χ3v) is 13.2. The van der Waals surface area contributed by atoms with Gasteiger partial charge in [-0.3, -0.25) is 24.1 Å². The number of amides is 3. The van der Waals surface area contributed by atoms with Gasteiger partial charge in [0.2, 0.25) is 11.8 Å². The molecule has 3 fully saturated rings. The number of halogens is 6. The fourth-order valence-corrected chi connectivity index (χ4v) is 11.6. The number of carbonyl (C=O) groups excluding carboxylic acids is 3. The van der Waals surface area contributed by atoms with Crippen LogP contribution in [0.4, 0.5) is 37.7 Å². The molecule has 2 saturated carbocycles. The zero-order valence-electron chi connectivity index (χ0n) is 28.0. The van der Waals surface area contributed by atoms with Crippen LogP contribution >= 0.6 is 23.1 Å². The van der Waals surface area contributed by atoms with Gasteiger partial charge in [-0.1, -0.05) is 29.5 Å². The summed E-state index contributed by atoms with van der Waals surface area (Å²) in [5.74, 6) is -4.00. The molecule has 4 aliphatic rings. The Bertz CT molecular complexity index is 2240. The number of imide groups is 1. The van der Waals surface area contributed by atoms with Crippen molar-refractivity contribution in [1.29, 1.82) is 0 Å². The molecule has 2 bridgehead atoms. The van der Waals surface area contributed by atoms with Crippen LogP contribution in [-0.4, -0.2) is 41.2 Å². The summed E-state index contributed by atoms with van der Waals surface area (Å²) in [5.41, 5.74) is -1.34. The van der Waals surface area contributed by atoms with E-state index in [0.29, 0.717) is 11.4 Å². The number of ether oxygens (including phenoxy) is 2. The van der Waals surface area contributed by atoms with E-state index in [4.69, 9.17) is 9.47 Å². The number of thioether (sulfide) groups is 1. The topological polar surface area (TPSA) is 118 Å². The zero-order chi connectivity index (χ0) is 38.3. The summed E-state index contributed by atoms with van der Waals surface area (Å²) < 4.78 is 91.8. The number of aromatic nitrogens is 1. The van der Waals surface area contributed by atoms with Crippen molar-refractivity contribution in [1.82, 2.24) is 4.98 Å². The first-order valence-electron chi connectivity index (χ1n) is 17.0. The molecule has 1 saturated heterocycles. The van der Waals surface area contributed by atoms with Crippen LogP contribution in [0.2, 0.25) is 0 Å². The van der Waals surface area contributed by atoms with Gasteiger partial charge in [-0.15, -0.1) is 11.8 Å². The number of hydrogen-bond donors (Lipinski definition) is 2. The molecule has 3 heterocycles. The van der Waals surface area contributed by atoms with Crippen molar-refractivity contribution in [3.8, 4) is 11.5 Å². The second kappa shape index (κ2) is 13.2. The Morgan fingerprint density at radius 3 is 2.26 bits per heavy atom. The Hall–Kier alpha value is -4.77. The van der Waals surface area contributed by atoms with E-state index >= 15 is 0 Å². The van der Waals surface area contributed by atoms with Crippen molar-refractivity contribution in [3.05, 3.63) is 98.0 Å². The molecule has 7 atom stereocenters. The van der Waals surface area contributed by atoms with Crippen LogP contribution in [0.3, 0.4) is 0 Å². The van der Waals surface area contributed by atoms with E-state index in [1.54, 1.807) is 25.1 Å². The molecule has 2 N–H and O–H groups in total. The Kier molecular flexibility index (Phi) is 8.86. The van der Waals surface area contributed by atoms with Crippen LogP contribution in [0.15, 0.2) is 76.6 Å². The predicted molar refractivity (Wildman–Crippen MR) is 186 cm³/mol. The van der Waals surface area contributed by atoms with Crippen LogP contribution in [0.5, 0.6) is 11.5 Å². The van der Waals surface area contributed by atoms with Crippen molar-refractivity contribution >= 4 is 52.2 Å². The Morgan fingerprint density at radius 1 is 0.870 bits per heavy atom. The van der Waals surface area contributed by atoms with Gasteiger partial charge in [0.05, 0.1) is 40.3 Å². The monoisotopic (exact) mass is 789 g/mol. The van der Waals surface area contributed by atoms with Crippen LogP contribution in [0, 0.1) is 29.6 Å². The lowest BCUT2D eigenvalue weighted by molar-refractivity contribution is -0.138. The highest BCUT2D eigenvalue weighted by molar-refractivity contribution is 8.00. The van der Waals surface area contributed by atoms with Crippen molar-refractivity contribution in [2.24, 2.45) is 29.6 Å². The Labute approximate surface area is 311 Å². The number of alkyl halides is 6. The van der Waals surface area contributed by atoms with Crippen LogP contribution in [-0.2, 0) is 26.7 Å². The van der Waals surface area contributed by atoms with Crippen molar-refractivity contribution in [2.45, 2.75) is 41.9 Å². The number of rotatable bonds is 8. The number of nitrogens with one attached hydrogen (secondary N) is 2. The molecular formula is C37H29F6N3O6S2. The lowest BCUT2D eigenvalue weighted by Gasteiger charge is -2.43. The van der Waals surface area contributed by atoms with Gasteiger partial charge < -0.3 is 19.8 Å². The average molecular weight is 790 g/mol. The number of hydrogen-bond acceptors (Lipinski definition) is 8. The van der Waals surface area contributed by atoms with E-state index in [-0.39, 0.29) is 57.4 Å². The third-order valence-electron chi connectivity index (χ3n) is 10.6. The largest absolute Gasteiger partial charge is 0.490 e. The highest BCUT2D eigenvalue weighted by Gasteiger charge is 2.69. The van der Waals surface area contributed by atoms with Gasteiger partial charge in [0.1, 0.15) is 0 Å². The first kappa shape index (κ1) is 36.2. The molecule has 2 aliphatic carbocycles. The van der Waals surface area contributed by atoms with Gasteiger partial charge in [-0.25, -0.2) is 0 Å². The first-order valence-corrected chi connectivity index (χ1v) is 18.6. The van der Waals surface area contributed by atoms with Crippen molar-refractivity contribution < 1.29 is 50.2 Å². The molecule has 17 heteroatoms. The maximum absolute atomic E-state index is 14.0. The van der Waals surface area contributed by atoms with Crippen molar-refractivity contribution in [3.63, 3.8) is 0 Å². The number of carbonyl (C=O) groups is 3. The van der Waals surface area contributed by atoms with Gasteiger partial charge in [-0.05, 0) is 85.2 Å². The predicted octanol–water partition coefficient (Wildman–Crippen LogP) is 7.57. The van der Waals surface area contributed by atoms with E-state index < -0.39 is 65.6 Å². The highest BCUT2D eigenvalue weighted by Crippen LogP contribution is 2.69. The molecule has 4 aromatic rings. The van der Waals surface area contributed by atoms with Crippen LogP contribution in [0.25, 0.3) is 0 Å². The summed E-state index contributed by atoms with van der Waals surface area (Å²) in [7, 11) is 0. The molecule has 3 amide bonds. The van der Waals surface area contributed by atoms with E-state index in [2.05, 4.69) is 10.3 Å². The SMILES string of the molecule is CCOc1cc([C@H]2c3sc(=O)[nH]c3SC3C4CC(C5C(=O)N(c6cccc(C(F)(F)F)c6)C(=O)C45)C32)ccc1OCC(=O)Nc1cccc(C(F)(F)F)c1. The number of H-pyrrole nitrogens is 1. The number of nitrogens with zero attached hydrogens (tertiary/aromatic N) is 1. The summed E-state index contributed by atoms with van der Waals surface area (Å²) >= 11 is 2.50. The van der Waals surface area contributed by atoms with E-state index in [1.165, 1.54) is 36.0 Å². The minimum Gasteiger partial charge on any atom is -0.490 e. The second-order valence-corrected chi connectivity index (χ2v) is 15.8. The highest BCUT2D eigenvalue weighted by atomic mass is 32.2. The van der Waals surface area contributed by atoms with Gasteiger partial charge >= 0.3 is 17.2 Å². The molecule has 6 unspecified atom stereocenters. The molecule has 3 aromatic carbocycles. The molecule has 8 rings (SSSR count). The van der Waals surface area contributed by atoms with Gasteiger partial charge in [0.15, 0.2) is 18.1 Å². The molecule has 9 nitrogen and oxygen atoms in total. The number of thiazole rings is 1. The maximum Gasteiger partial charge on any atom is 0.416 e. The summed E-state index contributed by atoms with van der Waals surface area (Å²) in [6, 6.07) is 13.5. The number of benzene rings is 3. The lowest BCUT2D eigenvalue weighted by Crippen LogP contribution is -2.42. The van der Waals surface area contributed by atoms with Crippen molar-refractivity contribution in [2.75, 3.05) is 23.4 Å². The standard InChI is InChI=1S/C37H29F6N3O6S2/c1-2-51-24-11-16(9-10-23(24)52-15-25(47)44-19-7-3-5-17(12-19)36(38,39)40)26-27-21-14-22(30(27)53-32-31(26)54-35(50)45-32)29-28(21)33(48)46(34(29)49)20-8-4-6-18(13-20)37(41,42)43/h3-13,21-22,26-30H,2,14-15H2,1H3,(H,44,47)(H,45,50)/t21?,22?,26-,27?,28?,29?,30?/m1/s1. The summed E-state index contributed by atoms with van der Waals surface area (Å²) in [4.78, 5) is 57.6. The second-order valence-electron chi connectivity index (χ2n) is 13.6. The third kappa shape index (κ3) is 6.14. The molecular weight excluding hydrogens is 761 g/mol. The van der Waals surface area contributed by atoms with Crippen LogP contribution in [0.1, 0.15) is 40.8 Å². The number of aromatic amines is 1. The molecule has 2 aliphatic heterocycles. The quantitative estimate of drug-likeness (QED) is 0.140. The fraction of sp³-hybridized carbons (Fsp3) is 0.351. The van der Waals surface area contributed by atoms with Gasteiger partial charge in [0.25, 0.3) is 5.91 Å². The maximum atomic E-state index is 14.0.